The van der Waals surface area contributed by atoms with Gasteiger partial charge < -0.3 is 15.5 Å². The third kappa shape index (κ3) is 3.99. The number of carbonyl (C=O) groups is 1. The zero-order valence-corrected chi connectivity index (χ0v) is 14.2. The Bertz CT molecular complexity index is 664. The first-order valence-corrected chi connectivity index (χ1v) is 7.88. The van der Waals surface area contributed by atoms with Crippen molar-refractivity contribution in [3.63, 3.8) is 0 Å². The summed E-state index contributed by atoms with van der Waals surface area (Å²) in [6, 6.07) is 9.65. The van der Waals surface area contributed by atoms with Crippen LogP contribution in [-0.4, -0.2) is 23.0 Å². The quantitative estimate of drug-likeness (QED) is 0.858. The second kappa shape index (κ2) is 6.96. The van der Waals surface area contributed by atoms with Gasteiger partial charge in [0.05, 0.1) is 17.7 Å². The Labute approximate surface area is 137 Å². The van der Waals surface area contributed by atoms with Gasteiger partial charge in [-0.1, -0.05) is 32.0 Å². The lowest BCUT2D eigenvalue weighted by molar-refractivity contribution is -0.122. The number of carbonyl (C=O) groups excluding carboxylic acids is 1. The molecule has 5 nitrogen and oxygen atoms in total. The van der Waals surface area contributed by atoms with Gasteiger partial charge in [-0.05, 0) is 31.9 Å². The molecule has 0 bridgehead atoms. The maximum Gasteiger partial charge on any atom is 0.226 e. The lowest BCUT2D eigenvalue weighted by Crippen LogP contribution is -2.55. The zero-order valence-electron chi connectivity index (χ0n) is 14.2. The first-order valence-electron chi connectivity index (χ1n) is 7.88. The Balaban J connectivity index is 2.12. The molecular weight excluding hydrogens is 290 g/mol. The molecule has 1 atom stereocenters. The highest BCUT2D eigenvalue weighted by atomic mass is 16.4. The summed E-state index contributed by atoms with van der Waals surface area (Å²) in [4.78, 5) is 16.8. The Hall–Kier alpha value is -2.14. The van der Waals surface area contributed by atoms with Crippen molar-refractivity contribution in [1.29, 1.82) is 0 Å². The summed E-state index contributed by atoms with van der Waals surface area (Å²) in [5, 5.41) is 3.02. The van der Waals surface area contributed by atoms with Crippen molar-refractivity contribution in [2.75, 3.05) is 6.54 Å². The number of nitrogens with zero attached hydrogens (tertiary/aromatic N) is 1. The molecule has 0 aliphatic heterocycles. The second-order valence-corrected chi connectivity index (χ2v) is 6.39. The summed E-state index contributed by atoms with van der Waals surface area (Å²) >= 11 is 0. The molecule has 1 aromatic carbocycles. The number of hydrogen-bond donors (Lipinski definition) is 2. The first-order chi connectivity index (χ1) is 10.9. The van der Waals surface area contributed by atoms with Crippen LogP contribution < -0.4 is 11.1 Å². The number of aryl methyl sites for hydroxylation is 1. The molecule has 0 fully saturated rings. The summed E-state index contributed by atoms with van der Waals surface area (Å²) in [6.07, 6.45) is 0.185. The lowest BCUT2D eigenvalue weighted by atomic mass is 9.88. The van der Waals surface area contributed by atoms with Gasteiger partial charge in [0, 0.05) is 12.1 Å². The van der Waals surface area contributed by atoms with Crippen LogP contribution in [0.25, 0.3) is 11.5 Å². The summed E-state index contributed by atoms with van der Waals surface area (Å²) in [5.74, 6) is 1.35. The Morgan fingerprint density at radius 3 is 2.57 bits per heavy atom. The molecule has 2 aromatic rings. The van der Waals surface area contributed by atoms with E-state index < -0.39 is 5.54 Å². The van der Waals surface area contributed by atoms with E-state index in [4.69, 9.17) is 10.2 Å². The number of hydrogen-bond acceptors (Lipinski definition) is 4. The lowest BCUT2D eigenvalue weighted by Gasteiger charge is -2.33. The minimum Gasteiger partial charge on any atom is -0.441 e. The van der Waals surface area contributed by atoms with E-state index in [1.807, 2.05) is 58.0 Å². The number of amides is 1. The highest BCUT2D eigenvalue weighted by molar-refractivity contribution is 5.79. The maximum atomic E-state index is 12.3. The van der Waals surface area contributed by atoms with Gasteiger partial charge in [0.1, 0.15) is 5.76 Å². The van der Waals surface area contributed by atoms with Crippen molar-refractivity contribution in [2.24, 2.45) is 11.7 Å². The molecule has 0 aliphatic rings. The summed E-state index contributed by atoms with van der Waals surface area (Å²) in [7, 11) is 0. The molecule has 1 amide bonds. The SMILES string of the molecule is Cc1oc(-c2ccccc2)nc1CC(=O)NC(C)(CN)C(C)C. The fourth-order valence-electron chi connectivity index (χ4n) is 2.24. The van der Waals surface area contributed by atoms with Gasteiger partial charge >= 0.3 is 0 Å². The van der Waals surface area contributed by atoms with Crippen molar-refractivity contribution in [2.45, 2.75) is 39.7 Å². The monoisotopic (exact) mass is 315 g/mol. The van der Waals surface area contributed by atoms with Gasteiger partial charge in [-0.15, -0.1) is 0 Å². The zero-order chi connectivity index (χ0) is 17.0. The molecule has 1 unspecified atom stereocenters. The predicted molar refractivity (Wildman–Crippen MR) is 90.8 cm³/mol. The van der Waals surface area contributed by atoms with E-state index >= 15 is 0 Å². The topological polar surface area (TPSA) is 81.2 Å². The van der Waals surface area contributed by atoms with Crippen LogP contribution in [-0.2, 0) is 11.2 Å². The van der Waals surface area contributed by atoms with E-state index in [0.29, 0.717) is 23.9 Å². The molecule has 5 heteroatoms. The van der Waals surface area contributed by atoms with Crippen LogP contribution in [0, 0.1) is 12.8 Å². The highest BCUT2D eigenvalue weighted by Crippen LogP contribution is 2.22. The van der Waals surface area contributed by atoms with Gasteiger partial charge in [-0.3, -0.25) is 4.79 Å². The molecule has 0 saturated heterocycles. The molecule has 0 saturated carbocycles. The van der Waals surface area contributed by atoms with Crippen molar-refractivity contribution >= 4 is 5.91 Å². The van der Waals surface area contributed by atoms with Crippen molar-refractivity contribution in [1.82, 2.24) is 10.3 Å². The van der Waals surface area contributed by atoms with Gasteiger partial charge in [-0.25, -0.2) is 4.98 Å². The predicted octanol–water partition coefficient (Wildman–Crippen LogP) is 2.68. The average molecular weight is 315 g/mol. The molecule has 1 aromatic heterocycles. The minimum absolute atomic E-state index is 0.0948. The number of nitrogens with one attached hydrogen (secondary N) is 1. The fraction of sp³-hybridized carbons (Fsp3) is 0.444. The standard InChI is InChI=1S/C18H25N3O2/c1-12(2)18(4,11-19)21-16(22)10-15-13(3)23-17(20-15)14-8-6-5-7-9-14/h5-9,12H,10-11,19H2,1-4H3,(H,21,22). The van der Waals surface area contributed by atoms with Crippen LogP contribution >= 0.6 is 0 Å². The third-order valence-corrected chi connectivity index (χ3v) is 4.36. The molecule has 0 aliphatic carbocycles. The largest absolute Gasteiger partial charge is 0.441 e. The number of nitrogens with two attached hydrogens (primary N) is 1. The Morgan fingerprint density at radius 2 is 2.00 bits per heavy atom. The average Bonchev–Trinajstić information content (AvgIpc) is 2.88. The number of oxazole rings is 1. The van der Waals surface area contributed by atoms with Crippen molar-refractivity contribution < 1.29 is 9.21 Å². The van der Waals surface area contributed by atoms with E-state index in [1.165, 1.54) is 0 Å². The van der Waals surface area contributed by atoms with Gasteiger partial charge in [0.25, 0.3) is 0 Å². The molecule has 23 heavy (non-hydrogen) atoms. The van der Waals surface area contributed by atoms with E-state index in [1.54, 1.807) is 0 Å². The van der Waals surface area contributed by atoms with Crippen LogP contribution in [0.15, 0.2) is 34.7 Å². The first kappa shape index (κ1) is 17.2. The van der Waals surface area contributed by atoms with E-state index in [0.717, 1.165) is 5.56 Å². The normalized spacial score (nSPS) is 13.8. The molecule has 0 spiro atoms. The van der Waals surface area contributed by atoms with Crippen LogP contribution in [0.2, 0.25) is 0 Å². The molecule has 2 rings (SSSR count). The van der Waals surface area contributed by atoms with Crippen LogP contribution in [0.3, 0.4) is 0 Å². The molecule has 0 radical (unpaired) electrons. The summed E-state index contributed by atoms with van der Waals surface area (Å²) in [5.41, 5.74) is 6.95. The van der Waals surface area contributed by atoms with Crippen molar-refractivity contribution in [3.05, 3.63) is 41.8 Å². The molecular formula is C18H25N3O2. The summed E-state index contributed by atoms with van der Waals surface area (Å²) < 4.78 is 5.69. The number of benzene rings is 1. The number of rotatable bonds is 6. The van der Waals surface area contributed by atoms with E-state index in [9.17, 15) is 4.79 Å². The molecule has 3 N–H and O–H groups in total. The van der Waals surface area contributed by atoms with E-state index in [-0.39, 0.29) is 18.2 Å². The van der Waals surface area contributed by atoms with Crippen molar-refractivity contribution in [3.8, 4) is 11.5 Å². The maximum absolute atomic E-state index is 12.3. The molecule has 1 heterocycles. The van der Waals surface area contributed by atoms with Gasteiger partial charge in [0.15, 0.2) is 0 Å². The fourth-order valence-corrected chi connectivity index (χ4v) is 2.24. The summed E-state index contributed by atoms with van der Waals surface area (Å²) in [6.45, 7) is 8.26. The molecule has 124 valence electrons. The van der Waals surface area contributed by atoms with Crippen LogP contribution in [0.5, 0.6) is 0 Å². The van der Waals surface area contributed by atoms with Crippen LogP contribution in [0.1, 0.15) is 32.2 Å². The van der Waals surface area contributed by atoms with E-state index in [2.05, 4.69) is 10.3 Å². The highest BCUT2D eigenvalue weighted by Gasteiger charge is 2.29. The smallest absolute Gasteiger partial charge is 0.226 e. The number of aromatic nitrogens is 1. The van der Waals surface area contributed by atoms with Gasteiger partial charge in [-0.2, -0.15) is 0 Å². The van der Waals surface area contributed by atoms with Gasteiger partial charge in [0.2, 0.25) is 11.8 Å². The Kier molecular flexibility index (Phi) is 5.21. The minimum atomic E-state index is -0.420. The third-order valence-electron chi connectivity index (χ3n) is 4.36. The second-order valence-electron chi connectivity index (χ2n) is 6.39. The van der Waals surface area contributed by atoms with Crippen LogP contribution in [0.4, 0.5) is 0 Å². The Morgan fingerprint density at radius 1 is 1.35 bits per heavy atom.